The Balaban J connectivity index is 1.30. The zero-order valence-electron chi connectivity index (χ0n) is 20.1. The molecule has 3 atom stereocenters. The molecule has 2 bridgehead atoms. The largest absolute Gasteiger partial charge is 0.375 e. The van der Waals surface area contributed by atoms with Crippen LogP contribution in [0.25, 0.3) is 22.4 Å². The highest BCUT2D eigenvalue weighted by atomic mass is 16.5. The van der Waals surface area contributed by atoms with Gasteiger partial charge in [0.25, 0.3) is 5.91 Å². The van der Waals surface area contributed by atoms with Gasteiger partial charge in [-0.3, -0.25) is 9.59 Å². The van der Waals surface area contributed by atoms with E-state index >= 15 is 0 Å². The van der Waals surface area contributed by atoms with Gasteiger partial charge in [-0.1, -0.05) is 42.5 Å². The second kappa shape index (κ2) is 8.34. The first-order chi connectivity index (χ1) is 17.0. The van der Waals surface area contributed by atoms with E-state index in [0.29, 0.717) is 46.5 Å². The Labute approximate surface area is 204 Å². The van der Waals surface area contributed by atoms with Crippen molar-refractivity contribution in [2.45, 2.75) is 19.3 Å². The number of anilines is 1. The minimum absolute atomic E-state index is 0.0686. The summed E-state index contributed by atoms with van der Waals surface area (Å²) in [6, 6.07) is 13.4. The second-order valence-corrected chi connectivity index (χ2v) is 10.2. The van der Waals surface area contributed by atoms with E-state index in [4.69, 9.17) is 9.72 Å². The number of fused-ring (bicyclic) bond motifs is 1. The molecule has 2 aromatic carbocycles. The minimum Gasteiger partial charge on any atom is -0.375 e. The number of aromatic nitrogens is 2. The van der Waals surface area contributed by atoms with Crippen LogP contribution in [0, 0.1) is 23.2 Å². The average Bonchev–Trinajstić information content (AvgIpc) is 3.41. The lowest BCUT2D eigenvalue weighted by Crippen LogP contribution is -2.31. The molecule has 3 unspecified atom stereocenters. The van der Waals surface area contributed by atoms with Crippen molar-refractivity contribution in [3.8, 4) is 11.4 Å². The molecule has 2 saturated carbocycles. The normalized spacial score (nSPS) is 23.2. The first-order valence-corrected chi connectivity index (χ1v) is 12.3. The van der Waals surface area contributed by atoms with Gasteiger partial charge in [0.15, 0.2) is 0 Å². The van der Waals surface area contributed by atoms with E-state index in [0.717, 1.165) is 16.9 Å². The Morgan fingerprint density at radius 1 is 1.17 bits per heavy atom. The number of hydrogen-bond acceptors (Lipinski definition) is 4. The summed E-state index contributed by atoms with van der Waals surface area (Å²) in [6.07, 6.45) is 8.59. The van der Waals surface area contributed by atoms with Crippen molar-refractivity contribution in [2.24, 2.45) is 30.2 Å². The predicted octanol–water partition coefficient (Wildman–Crippen LogP) is 4.16. The number of methoxy groups -OCH3 is 1. The van der Waals surface area contributed by atoms with Crippen LogP contribution in [0.15, 0.2) is 54.6 Å². The van der Waals surface area contributed by atoms with E-state index in [1.54, 1.807) is 6.07 Å². The van der Waals surface area contributed by atoms with Gasteiger partial charge in [-0.15, -0.1) is 0 Å². The fourth-order valence-corrected chi connectivity index (χ4v) is 6.42. The molecule has 3 aliphatic rings. The van der Waals surface area contributed by atoms with Gasteiger partial charge in [0.2, 0.25) is 5.91 Å². The maximum Gasteiger partial charge on any atom is 0.251 e. The van der Waals surface area contributed by atoms with Crippen LogP contribution in [-0.4, -0.2) is 41.6 Å². The fraction of sp³-hybridized carbons (Fsp3) is 0.393. The molecule has 0 saturated heterocycles. The molecule has 2 amide bonds. The van der Waals surface area contributed by atoms with Gasteiger partial charge in [-0.25, -0.2) is 4.98 Å². The van der Waals surface area contributed by atoms with E-state index in [1.165, 1.54) is 26.4 Å². The molecule has 35 heavy (non-hydrogen) atoms. The molecule has 0 aliphatic heterocycles. The SMILES string of the molecule is COCC(=O)Nc1cc(C(=O)NCC2CC3C=CC2C32CC2)cc2nc(-c3ccccc3)n(C)c12. The predicted molar refractivity (Wildman–Crippen MR) is 135 cm³/mol. The summed E-state index contributed by atoms with van der Waals surface area (Å²) in [5.74, 6) is 2.14. The number of nitrogens with zero attached hydrogens (tertiary/aromatic N) is 2. The lowest BCUT2D eigenvalue weighted by molar-refractivity contribution is -0.119. The zero-order chi connectivity index (χ0) is 24.2. The number of amides is 2. The Hall–Kier alpha value is -3.45. The number of aryl methyl sites for hydroxylation is 1. The Kier molecular flexibility index (Phi) is 5.25. The van der Waals surface area contributed by atoms with Gasteiger partial charge in [0, 0.05) is 31.8 Å². The molecule has 180 valence electrons. The quantitative estimate of drug-likeness (QED) is 0.508. The number of imidazole rings is 1. The summed E-state index contributed by atoms with van der Waals surface area (Å²) in [5, 5.41) is 6.08. The molecule has 7 nitrogen and oxygen atoms in total. The van der Waals surface area contributed by atoms with Crippen molar-refractivity contribution in [1.29, 1.82) is 0 Å². The standard InChI is InChI=1S/C28H30N4O3/c1-32-25-22(30-24(33)16-35-2)13-18(14-23(25)31-26(32)17-6-4-3-5-7-17)27(34)29-15-19-12-20-8-9-21(19)28(20)10-11-28/h3-9,13-14,19-21H,10-12,15-16H2,1-2H3,(H,29,34)(H,30,33). The van der Waals surface area contributed by atoms with Crippen LogP contribution in [0.4, 0.5) is 5.69 Å². The number of carbonyl (C=O) groups excluding carboxylic acids is 2. The van der Waals surface area contributed by atoms with Gasteiger partial charge in [0.05, 0.1) is 16.7 Å². The van der Waals surface area contributed by atoms with Crippen LogP contribution < -0.4 is 10.6 Å². The highest BCUT2D eigenvalue weighted by Gasteiger charge is 2.62. The first kappa shape index (κ1) is 22.0. The Morgan fingerprint density at radius 3 is 2.69 bits per heavy atom. The summed E-state index contributed by atoms with van der Waals surface area (Å²) >= 11 is 0. The number of rotatable bonds is 7. The average molecular weight is 471 g/mol. The molecule has 7 heteroatoms. The van der Waals surface area contributed by atoms with Gasteiger partial charge >= 0.3 is 0 Å². The maximum absolute atomic E-state index is 13.3. The number of hydrogen-bond donors (Lipinski definition) is 2. The van der Waals surface area contributed by atoms with Crippen LogP contribution in [-0.2, 0) is 16.6 Å². The third-order valence-electron chi connectivity index (χ3n) is 8.18. The van der Waals surface area contributed by atoms with Gasteiger partial charge in [0.1, 0.15) is 12.4 Å². The molecular formula is C28H30N4O3. The van der Waals surface area contributed by atoms with E-state index in [9.17, 15) is 9.59 Å². The third-order valence-corrected chi connectivity index (χ3v) is 8.18. The van der Waals surface area contributed by atoms with Crippen LogP contribution in [0.5, 0.6) is 0 Å². The molecular weight excluding hydrogens is 440 g/mol. The molecule has 0 radical (unpaired) electrons. The summed E-state index contributed by atoms with van der Waals surface area (Å²) in [5.41, 5.74) is 3.93. The molecule has 2 N–H and O–H groups in total. The second-order valence-electron chi connectivity index (χ2n) is 10.2. The smallest absolute Gasteiger partial charge is 0.251 e. The number of ether oxygens (including phenoxy) is 1. The molecule has 3 aliphatic carbocycles. The van der Waals surface area contributed by atoms with Crippen LogP contribution in [0.1, 0.15) is 29.6 Å². The number of nitrogens with one attached hydrogen (secondary N) is 2. The summed E-state index contributed by atoms with van der Waals surface area (Å²) in [4.78, 5) is 30.5. The van der Waals surface area contributed by atoms with Crippen molar-refractivity contribution < 1.29 is 14.3 Å². The molecule has 1 spiro atoms. The number of benzene rings is 2. The first-order valence-electron chi connectivity index (χ1n) is 12.3. The molecule has 3 aromatic rings. The van der Waals surface area contributed by atoms with Crippen LogP contribution in [0.2, 0.25) is 0 Å². The lowest BCUT2D eigenvalue weighted by Gasteiger charge is -2.20. The van der Waals surface area contributed by atoms with Crippen LogP contribution in [0.3, 0.4) is 0 Å². The van der Waals surface area contributed by atoms with Crippen molar-refractivity contribution in [3.05, 3.63) is 60.2 Å². The minimum atomic E-state index is -0.280. The lowest BCUT2D eigenvalue weighted by atomic mass is 9.89. The molecule has 6 rings (SSSR count). The highest BCUT2D eigenvalue weighted by molar-refractivity contribution is 6.06. The molecule has 1 heterocycles. The monoisotopic (exact) mass is 470 g/mol. The van der Waals surface area contributed by atoms with Crippen molar-refractivity contribution in [3.63, 3.8) is 0 Å². The van der Waals surface area contributed by atoms with Crippen molar-refractivity contribution >= 4 is 28.5 Å². The zero-order valence-corrected chi connectivity index (χ0v) is 20.1. The van der Waals surface area contributed by atoms with E-state index < -0.39 is 0 Å². The highest BCUT2D eigenvalue weighted by Crippen LogP contribution is 2.69. The summed E-state index contributed by atoms with van der Waals surface area (Å²) < 4.78 is 6.94. The molecule has 2 fully saturated rings. The van der Waals surface area contributed by atoms with Gasteiger partial charge < -0.3 is 19.9 Å². The van der Waals surface area contributed by atoms with Gasteiger partial charge in [-0.05, 0) is 54.6 Å². The maximum atomic E-state index is 13.3. The Bertz CT molecular complexity index is 1340. The summed E-state index contributed by atoms with van der Waals surface area (Å²) in [7, 11) is 3.40. The third kappa shape index (κ3) is 3.65. The van der Waals surface area contributed by atoms with Crippen molar-refractivity contribution in [1.82, 2.24) is 14.9 Å². The topological polar surface area (TPSA) is 85.2 Å². The summed E-state index contributed by atoms with van der Waals surface area (Å²) in [6.45, 7) is 0.605. The van der Waals surface area contributed by atoms with E-state index in [-0.39, 0.29) is 18.4 Å². The number of allylic oxidation sites excluding steroid dienone is 2. The van der Waals surface area contributed by atoms with Crippen LogP contribution >= 0.6 is 0 Å². The van der Waals surface area contributed by atoms with Gasteiger partial charge in [-0.2, -0.15) is 0 Å². The fourth-order valence-electron chi connectivity index (χ4n) is 6.42. The van der Waals surface area contributed by atoms with Crippen molar-refractivity contribution in [2.75, 3.05) is 25.6 Å². The molecule has 1 aromatic heterocycles. The van der Waals surface area contributed by atoms with E-state index in [2.05, 4.69) is 22.8 Å². The number of carbonyl (C=O) groups is 2. The van der Waals surface area contributed by atoms with E-state index in [1.807, 2.05) is 48.0 Å². The Morgan fingerprint density at radius 2 is 1.97 bits per heavy atom.